The summed E-state index contributed by atoms with van der Waals surface area (Å²) in [5, 5.41) is 8.24. The van der Waals surface area contributed by atoms with E-state index in [4.69, 9.17) is 11.6 Å². The van der Waals surface area contributed by atoms with Gasteiger partial charge in [-0.05, 0) is 13.5 Å². The fourth-order valence-corrected chi connectivity index (χ4v) is 3.07. The molecule has 1 fully saturated rings. The van der Waals surface area contributed by atoms with Crippen molar-refractivity contribution in [3.05, 3.63) is 16.4 Å². The third-order valence-electron chi connectivity index (χ3n) is 3.93. The summed E-state index contributed by atoms with van der Waals surface area (Å²) in [6.45, 7) is 13.7. The number of nitrogens with one attached hydrogen (secondary N) is 1. The molecular weight excluding hydrogens is 326 g/mol. The fourth-order valence-electron chi connectivity index (χ4n) is 2.79. The molecule has 0 aliphatic carbocycles. The molecule has 6 nitrogen and oxygen atoms in total. The van der Waals surface area contributed by atoms with Gasteiger partial charge in [0.1, 0.15) is 0 Å². The van der Waals surface area contributed by atoms with Crippen molar-refractivity contribution in [2.45, 2.75) is 47.2 Å². The van der Waals surface area contributed by atoms with Crippen LogP contribution in [-0.2, 0) is 13.1 Å². The number of aromatic nitrogens is 2. The summed E-state index contributed by atoms with van der Waals surface area (Å²) in [7, 11) is 2.07. The van der Waals surface area contributed by atoms with Crippen LogP contribution in [0.25, 0.3) is 0 Å². The topological polar surface area (TPSA) is 53.4 Å². The number of hydrogen-bond donors (Lipinski definition) is 1. The largest absolute Gasteiger partial charge is 0.335 e. The van der Waals surface area contributed by atoms with E-state index in [0.29, 0.717) is 10.7 Å². The Bertz CT molecular complexity index is 511. The molecule has 0 bridgehead atoms. The van der Waals surface area contributed by atoms with Crippen LogP contribution < -0.4 is 5.32 Å². The Morgan fingerprint density at radius 2 is 1.71 bits per heavy atom. The van der Waals surface area contributed by atoms with Crippen LogP contribution in [-0.4, -0.2) is 65.3 Å². The maximum absolute atomic E-state index is 12.5. The molecule has 0 aromatic carbocycles. The lowest BCUT2D eigenvalue weighted by Gasteiger charge is -2.26. The number of carbonyl (C=O) groups excluding carboxylic acids is 1. The predicted molar refractivity (Wildman–Crippen MR) is 99.7 cm³/mol. The van der Waals surface area contributed by atoms with Gasteiger partial charge in [-0.3, -0.25) is 9.48 Å². The molecule has 1 saturated heterocycles. The predicted octanol–water partition coefficient (Wildman–Crippen LogP) is 2.47. The Morgan fingerprint density at radius 3 is 2.33 bits per heavy atom. The van der Waals surface area contributed by atoms with Gasteiger partial charge in [0.15, 0.2) is 5.69 Å². The number of amides is 1. The van der Waals surface area contributed by atoms with E-state index in [2.05, 4.69) is 22.4 Å². The van der Waals surface area contributed by atoms with E-state index >= 15 is 0 Å². The third kappa shape index (κ3) is 4.94. The first-order valence-corrected chi connectivity index (χ1v) is 9.48. The van der Waals surface area contributed by atoms with Crippen molar-refractivity contribution in [2.24, 2.45) is 0 Å². The second kappa shape index (κ2) is 10.7. The Labute approximate surface area is 151 Å². The van der Waals surface area contributed by atoms with E-state index in [1.807, 2.05) is 37.3 Å². The maximum atomic E-state index is 12.5. The number of hydrogen-bond acceptors (Lipinski definition) is 4. The molecule has 1 N–H and O–H groups in total. The highest BCUT2D eigenvalue weighted by molar-refractivity contribution is 6.34. The van der Waals surface area contributed by atoms with E-state index in [-0.39, 0.29) is 5.91 Å². The lowest BCUT2D eigenvalue weighted by Crippen LogP contribution is -2.46. The lowest BCUT2D eigenvalue weighted by atomic mass is 10.2. The first-order valence-electron chi connectivity index (χ1n) is 9.10. The number of carbonyl (C=O) groups is 1. The van der Waals surface area contributed by atoms with E-state index in [9.17, 15) is 4.79 Å². The van der Waals surface area contributed by atoms with Crippen LogP contribution in [0.2, 0.25) is 5.02 Å². The Balaban J connectivity index is 0.000000671. The van der Waals surface area contributed by atoms with Gasteiger partial charge in [0.05, 0.1) is 10.7 Å². The van der Waals surface area contributed by atoms with E-state index in [1.54, 1.807) is 0 Å². The Hall–Kier alpha value is -1.11. The minimum absolute atomic E-state index is 0.0419. The number of rotatable bonds is 1. The molecule has 0 spiro atoms. The van der Waals surface area contributed by atoms with Crippen molar-refractivity contribution in [3.63, 3.8) is 0 Å². The van der Waals surface area contributed by atoms with Crippen molar-refractivity contribution in [3.8, 4) is 0 Å². The first-order chi connectivity index (χ1) is 11.7. The van der Waals surface area contributed by atoms with Crippen LogP contribution >= 0.6 is 11.6 Å². The molecule has 1 aromatic rings. The van der Waals surface area contributed by atoms with Crippen molar-refractivity contribution in [1.82, 2.24) is 24.9 Å². The summed E-state index contributed by atoms with van der Waals surface area (Å²) in [5.74, 6) is -0.0419. The zero-order valence-corrected chi connectivity index (χ0v) is 16.5. The molecule has 7 heteroatoms. The zero-order chi connectivity index (χ0) is 18.1. The number of piperazine rings is 1. The average Bonchev–Trinajstić information content (AvgIpc) is 2.83. The number of fused-ring (bicyclic) bond motifs is 1. The number of aryl methyl sites for hydroxylation is 1. The summed E-state index contributed by atoms with van der Waals surface area (Å²) in [6.07, 6.45) is 1.03. The van der Waals surface area contributed by atoms with Gasteiger partial charge in [-0.1, -0.05) is 39.3 Å². The highest BCUT2D eigenvalue weighted by Gasteiger charge is 2.27. The summed E-state index contributed by atoms with van der Waals surface area (Å²) >= 11 is 6.42. The number of halogens is 1. The molecule has 1 amide bonds. The molecule has 0 radical (unpaired) electrons. The van der Waals surface area contributed by atoms with Crippen molar-refractivity contribution in [1.29, 1.82) is 0 Å². The van der Waals surface area contributed by atoms with Crippen LogP contribution in [0, 0.1) is 0 Å². The normalized spacial score (nSPS) is 17.7. The monoisotopic (exact) mass is 357 g/mol. The molecule has 3 heterocycles. The van der Waals surface area contributed by atoms with E-state index in [0.717, 1.165) is 57.9 Å². The van der Waals surface area contributed by atoms with Crippen LogP contribution in [0.5, 0.6) is 0 Å². The highest BCUT2D eigenvalue weighted by Crippen LogP contribution is 2.25. The number of nitrogens with zero attached hydrogens (tertiary/aromatic N) is 4. The molecular formula is C17H32ClN5O. The van der Waals surface area contributed by atoms with Gasteiger partial charge in [0.25, 0.3) is 5.91 Å². The third-order valence-corrected chi connectivity index (χ3v) is 4.33. The Kier molecular flexibility index (Phi) is 9.33. The quantitative estimate of drug-likeness (QED) is 0.838. The summed E-state index contributed by atoms with van der Waals surface area (Å²) in [6, 6.07) is 0. The molecule has 0 unspecified atom stereocenters. The van der Waals surface area contributed by atoms with Crippen LogP contribution in [0.1, 0.15) is 50.3 Å². The summed E-state index contributed by atoms with van der Waals surface area (Å²) < 4.78 is 1.90. The van der Waals surface area contributed by atoms with Crippen molar-refractivity contribution < 1.29 is 4.79 Å². The molecule has 138 valence electrons. The van der Waals surface area contributed by atoms with Crippen molar-refractivity contribution >= 4 is 17.5 Å². The molecule has 24 heavy (non-hydrogen) atoms. The van der Waals surface area contributed by atoms with Gasteiger partial charge in [-0.25, -0.2) is 0 Å². The van der Waals surface area contributed by atoms with Crippen molar-refractivity contribution in [2.75, 3.05) is 39.8 Å². The average molecular weight is 358 g/mol. The summed E-state index contributed by atoms with van der Waals surface area (Å²) in [4.78, 5) is 16.6. The van der Waals surface area contributed by atoms with Gasteiger partial charge in [-0.15, -0.1) is 0 Å². The standard InChI is InChI=1S/C13H20ClN5O.2C2H6/c1-17-5-2-6-19-10(9-17)11(14)12(16-19)13(20)18-7-3-15-4-8-18;2*1-2/h15H,2-9H2,1H3;2*1-2H3. The van der Waals surface area contributed by atoms with E-state index in [1.165, 1.54) is 0 Å². The van der Waals surface area contributed by atoms with Gasteiger partial charge in [-0.2, -0.15) is 5.10 Å². The smallest absolute Gasteiger partial charge is 0.276 e. The summed E-state index contributed by atoms with van der Waals surface area (Å²) in [5.41, 5.74) is 1.38. The fraction of sp³-hybridized carbons (Fsp3) is 0.765. The minimum Gasteiger partial charge on any atom is -0.335 e. The maximum Gasteiger partial charge on any atom is 0.276 e. The minimum atomic E-state index is -0.0419. The molecule has 3 rings (SSSR count). The highest BCUT2D eigenvalue weighted by atomic mass is 35.5. The van der Waals surface area contributed by atoms with Gasteiger partial charge < -0.3 is 15.1 Å². The van der Waals surface area contributed by atoms with E-state index < -0.39 is 0 Å². The molecule has 2 aliphatic rings. The van der Waals surface area contributed by atoms with Gasteiger partial charge >= 0.3 is 0 Å². The zero-order valence-electron chi connectivity index (χ0n) is 15.7. The molecule has 1 aromatic heterocycles. The van der Waals surface area contributed by atoms with Gasteiger partial charge in [0.2, 0.25) is 0 Å². The van der Waals surface area contributed by atoms with Crippen LogP contribution in [0.15, 0.2) is 0 Å². The first kappa shape index (κ1) is 20.9. The van der Waals surface area contributed by atoms with Crippen LogP contribution in [0.4, 0.5) is 0 Å². The molecule has 2 aliphatic heterocycles. The van der Waals surface area contributed by atoms with Gasteiger partial charge in [0, 0.05) is 45.8 Å². The molecule has 0 atom stereocenters. The Morgan fingerprint density at radius 1 is 1.08 bits per heavy atom. The second-order valence-corrected chi connectivity index (χ2v) is 5.84. The lowest BCUT2D eigenvalue weighted by molar-refractivity contribution is 0.0729. The van der Waals surface area contributed by atoms with Crippen LogP contribution in [0.3, 0.4) is 0 Å². The SMILES string of the molecule is CC.CC.CN1CCCn2nc(C(=O)N3CCNCC3)c(Cl)c2C1. The molecule has 0 saturated carbocycles. The second-order valence-electron chi connectivity index (χ2n) is 5.47.